The number of nitrogens with zero attached hydrogens (tertiary/aromatic N) is 1. The van der Waals surface area contributed by atoms with Gasteiger partial charge in [0.15, 0.2) is 0 Å². The van der Waals surface area contributed by atoms with Gasteiger partial charge in [0.1, 0.15) is 0 Å². The van der Waals surface area contributed by atoms with Crippen molar-refractivity contribution in [2.45, 2.75) is 52.4 Å². The van der Waals surface area contributed by atoms with E-state index in [4.69, 9.17) is 6.42 Å². The summed E-state index contributed by atoms with van der Waals surface area (Å²) in [4.78, 5) is 2.56. The summed E-state index contributed by atoms with van der Waals surface area (Å²) in [6.07, 6.45) is 12.5. The number of unbranched alkanes of at least 4 members (excludes halogenated alkanes) is 3. The summed E-state index contributed by atoms with van der Waals surface area (Å²) in [7, 11) is 0. The molecule has 0 aromatic rings. The van der Waals surface area contributed by atoms with Gasteiger partial charge in [-0.3, -0.25) is 0 Å². The monoisotopic (exact) mass is 195 g/mol. The van der Waals surface area contributed by atoms with Crippen LogP contribution in [0.1, 0.15) is 52.4 Å². The SMILES string of the molecule is C#CCCCN(CCCC)CCCC. The van der Waals surface area contributed by atoms with Gasteiger partial charge in [-0.15, -0.1) is 12.3 Å². The van der Waals surface area contributed by atoms with E-state index in [-0.39, 0.29) is 0 Å². The normalized spacial score (nSPS) is 10.4. The second kappa shape index (κ2) is 10.6. The summed E-state index contributed by atoms with van der Waals surface area (Å²) < 4.78 is 0. The fourth-order valence-electron chi connectivity index (χ4n) is 1.50. The summed E-state index contributed by atoms with van der Waals surface area (Å²) in [6, 6.07) is 0. The molecule has 0 aliphatic rings. The summed E-state index contributed by atoms with van der Waals surface area (Å²) >= 11 is 0. The molecule has 0 unspecified atom stereocenters. The highest BCUT2D eigenvalue weighted by Crippen LogP contribution is 2.01. The third kappa shape index (κ3) is 8.13. The third-order valence-corrected chi connectivity index (χ3v) is 2.45. The first-order chi connectivity index (χ1) is 6.85. The minimum absolute atomic E-state index is 0.925. The Kier molecular flexibility index (Phi) is 10.2. The van der Waals surface area contributed by atoms with E-state index in [0.29, 0.717) is 0 Å². The molecule has 0 saturated carbocycles. The molecule has 0 saturated heterocycles. The zero-order chi connectivity index (χ0) is 10.6. The van der Waals surface area contributed by atoms with Crippen LogP contribution >= 0.6 is 0 Å². The molecule has 0 radical (unpaired) electrons. The van der Waals surface area contributed by atoms with E-state index in [1.54, 1.807) is 0 Å². The fourth-order valence-corrected chi connectivity index (χ4v) is 1.50. The van der Waals surface area contributed by atoms with Gasteiger partial charge < -0.3 is 4.90 Å². The van der Waals surface area contributed by atoms with Crippen molar-refractivity contribution in [3.8, 4) is 12.3 Å². The van der Waals surface area contributed by atoms with E-state index < -0.39 is 0 Å². The molecule has 0 atom stereocenters. The second-order valence-corrected chi connectivity index (χ2v) is 3.86. The molecule has 14 heavy (non-hydrogen) atoms. The van der Waals surface area contributed by atoms with E-state index >= 15 is 0 Å². The van der Waals surface area contributed by atoms with Crippen molar-refractivity contribution in [1.82, 2.24) is 4.90 Å². The smallest absolute Gasteiger partial charge is 0.00982 e. The maximum Gasteiger partial charge on any atom is 0.00982 e. The van der Waals surface area contributed by atoms with Gasteiger partial charge in [-0.1, -0.05) is 26.7 Å². The summed E-state index contributed by atoms with van der Waals surface area (Å²) in [6.45, 7) is 8.19. The lowest BCUT2D eigenvalue weighted by molar-refractivity contribution is 0.263. The average molecular weight is 195 g/mol. The minimum Gasteiger partial charge on any atom is -0.303 e. The largest absolute Gasteiger partial charge is 0.303 e. The molecule has 0 aromatic carbocycles. The highest BCUT2D eigenvalue weighted by Gasteiger charge is 2.02. The van der Waals surface area contributed by atoms with Gasteiger partial charge in [-0.25, -0.2) is 0 Å². The highest BCUT2D eigenvalue weighted by molar-refractivity contribution is 4.83. The zero-order valence-corrected chi connectivity index (χ0v) is 9.89. The molecule has 0 heterocycles. The Labute approximate surface area is 89.9 Å². The molecule has 0 bridgehead atoms. The van der Waals surface area contributed by atoms with Gasteiger partial charge in [-0.2, -0.15) is 0 Å². The number of rotatable bonds is 9. The van der Waals surface area contributed by atoms with Crippen LogP contribution in [0.3, 0.4) is 0 Å². The van der Waals surface area contributed by atoms with Crippen LogP contribution in [-0.2, 0) is 0 Å². The van der Waals surface area contributed by atoms with E-state index in [2.05, 4.69) is 24.7 Å². The molecule has 0 rings (SSSR count). The van der Waals surface area contributed by atoms with Gasteiger partial charge in [0.2, 0.25) is 0 Å². The van der Waals surface area contributed by atoms with Crippen LogP contribution in [0.4, 0.5) is 0 Å². The quantitative estimate of drug-likeness (QED) is 0.403. The molecule has 0 aliphatic heterocycles. The maximum absolute atomic E-state index is 5.25. The summed E-state index contributed by atoms with van der Waals surface area (Å²) in [5.74, 6) is 2.71. The van der Waals surface area contributed by atoms with Crippen LogP contribution in [0.5, 0.6) is 0 Å². The average Bonchev–Trinajstić information content (AvgIpc) is 2.21. The van der Waals surface area contributed by atoms with E-state index in [0.717, 1.165) is 12.8 Å². The fraction of sp³-hybridized carbons (Fsp3) is 0.846. The van der Waals surface area contributed by atoms with E-state index in [1.807, 2.05) is 0 Å². The number of hydrogen-bond donors (Lipinski definition) is 0. The Morgan fingerprint density at radius 3 is 1.86 bits per heavy atom. The molecule has 82 valence electrons. The first-order valence-electron chi connectivity index (χ1n) is 6.01. The lowest BCUT2D eigenvalue weighted by Crippen LogP contribution is -2.27. The molecular formula is C13H25N. The van der Waals surface area contributed by atoms with Crippen LogP contribution < -0.4 is 0 Å². The Morgan fingerprint density at radius 2 is 1.43 bits per heavy atom. The first kappa shape index (κ1) is 13.5. The molecule has 1 heteroatoms. The van der Waals surface area contributed by atoms with Crippen LogP contribution in [-0.4, -0.2) is 24.5 Å². The Bertz CT molecular complexity index is 138. The Balaban J connectivity index is 3.56. The summed E-state index contributed by atoms with van der Waals surface area (Å²) in [5, 5.41) is 0. The van der Waals surface area contributed by atoms with Gasteiger partial charge in [0.05, 0.1) is 0 Å². The van der Waals surface area contributed by atoms with E-state index in [1.165, 1.54) is 45.3 Å². The predicted octanol–water partition coefficient (Wildman–Crippen LogP) is 3.30. The van der Waals surface area contributed by atoms with Crippen molar-refractivity contribution in [3.63, 3.8) is 0 Å². The van der Waals surface area contributed by atoms with Crippen molar-refractivity contribution >= 4 is 0 Å². The second-order valence-electron chi connectivity index (χ2n) is 3.86. The Morgan fingerprint density at radius 1 is 0.929 bits per heavy atom. The lowest BCUT2D eigenvalue weighted by atomic mass is 10.2. The Hall–Kier alpha value is -0.480. The number of terminal acetylenes is 1. The topological polar surface area (TPSA) is 3.24 Å². The van der Waals surface area contributed by atoms with Crippen molar-refractivity contribution in [2.75, 3.05) is 19.6 Å². The zero-order valence-electron chi connectivity index (χ0n) is 9.89. The molecule has 0 aliphatic carbocycles. The van der Waals surface area contributed by atoms with Gasteiger partial charge in [-0.05, 0) is 38.9 Å². The molecule has 0 spiro atoms. The molecule has 0 fully saturated rings. The maximum atomic E-state index is 5.25. The van der Waals surface area contributed by atoms with Gasteiger partial charge in [0, 0.05) is 6.42 Å². The standard InChI is InChI=1S/C13H25N/c1-4-7-10-13-14(11-8-5-2)12-9-6-3/h1H,5-13H2,2-3H3. The van der Waals surface area contributed by atoms with Crippen molar-refractivity contribution < 1.29 is 0 Å². The lowest BCUT2D eigenvalue weighted by Gasteiger charge is -2.21. The molecule has 0 aromatic heterocycles. The van der Waals surface area contributed by atoms with E-state index in [9.17, 15) is 0 Å². The molecule has 0 amide bonds. The van der Waals surface area contributed by atoms with Gasteiger partial charge in [0.25, 0.3) is 0 Å². The van der Waals surface area contributed by atoms with Crippen LogP contribution in [0, 0.1) is 12.3 Å². The van der Waals surface area contributed by atoms with Crippen molar-refractivity contribution in [1.29, 1.82) is 0 Å². The molecular weight excluding hydrogens is 170 g/mol. The molecule has 0 N–H and O–H groups in total. The van der Waals surface area contributed by atoms with Crippen LogP contribution in [0.15, 0.2) is 0 Å². The predicted molar refractivity (Wildman–Crippen MR) is 64.3 cm³/mol. The number of hydrogen-bond acceptors (Lipinski definition) is 1. The van der Waals surface area contributed by atoms with Crippen molar-refractivity contribution in [3.05, 3.63) is 0 Å². The highest BCUT2D eigenvalue weighted by atomic mass is 15.1. The first-order valence-corrected chi connectivity index (χ1v) is 6.01. The van der Waals surface area contributed by atoms with Crippen molar-refractivity contribution in [2.24, 2.45) is 0 Å². The molecule has 1 nitrogen and oxygen atoms in total. The minimum atomic E-state index is 0.925. The summed E-state index contributed by atoms with van der Waals surface area (Å²) in [5.41, 5.74) is 0. The van der Waals surface area contributed by atoms with Gasteiger partial charge >= 0.3 is 0 Å². The van der Waals surface area contributed by atoms with Crippen LogP contribution in [0.2, 0.25) is 0 Å². The van der Waals surface area contributed by atoms with Crippen LogP contribution in [0.25, 0.3) is 0 Å². The third-order valence-electron chi connectivity index (χ3n) is 2.45.